The molecule has 2 atom stereocenters. The maximum absolute atomic E-state index is 11.2. The normalized spacial score (nSPS) is 15.9. The van der Waals surface area contributed by atoms with E-state index in [4.69, 9.17) is 0 Å². The molecule has 2 N–H and O–H groups in total. The van der Waals surface area contributed by atoms with E-state index in [1.165, 1.54) is 4.40 Å². The minimum absolute atomic E-state index is 0.0167. The zero-order valence-electron chi connectivity index (χ0n) is 15.1. The molecular formula is C17H28GeN2O2S2. The van der Waals surface area contributed by atoms with E-state index >= 15 is 0 Å². The Hall–Kier alpha value is -0.597. The first-order chi connectivity index (χ1) is 11.2. The topological polar surface area (TPSA) is 58.2 Å². The van der Waals surface area contributed by atoms with Gasteiger partial charge in [-0.05, 0) is 0 Å². The molecule has 0 saturated heterocycles. The van der Waals surface area contributed by atoms with Crippen LogP contribution < -0.4 is 15.0 Å². The molecule has 2 unspecified atom stereocenters. The van der Waals surface area contributed by atoms with Gasteiger partial charge in [0.25, 0.3) is 0 Å². The van der Waals surface area contributed by atoms with Gasteiger partial charge in [-0.3, -0.25) is 0 Å². The third kappa shape index (κ3) is 7.99. The summed E-state index contributed by atoms with van der Waals surface area (Å²) >= 11 is 0. The van der Waals surface area contributed by atoms with Gasteiger partial charge in [-0.2, -0.15) is 0 Å². The fraction of sp³-hybridized carbons (Fsp3) is 0.529. The van der Waals surface area contributed by atoms with Crippen LogP contribution in [0.3, 0.4) is 0 Å². The van der Waals surface area contributed by atoms with Gasteiger partial charge < -0.3 is 0 Å². The van der Waals surface area contributed by atoms with Gasteiger partial charge in [-0.15, -0.1) is 0 Å². The van der Waals surface area contributed by atoms with Gasteiger partial charge in [-0.25, -0.2) is 0 Å². The Balaban J connectivity index is 2.83. The van der Waals surface area contributed by atoms with Gasteiger partial charge in [0, 0.05) is 0 Å². The summed E-state index contributed by atoms with van der Waals surface area (Å²) in [7, 11) is 1.59. The summed E-state index contributed by atoms with van der Waals surface area (Å²) in [4.78, 5) is 22.3. The number of hydrogen-bond donors (Lipinski definition) is 2. The van der Waals surface area contributed by atoms with Crippen molar-refractivity contribution >= 4 is 47.4 Å². The third-order valence-corrected chi connectivity index (χ3v) is 24.5. The van der Waals surface area contributed by atoms with Crippen LogP contribution in [0.4, 0.5) is 0 Å². The number of carbonyl (C=O) groups excluding carboxylic acids is 2. The van der Waals surface area contributed by atoms with E-state index in [2.05, 4.69) is 54.5 Å². The van der Waals surface area contributed by atoms with Crippen molar-refractivity contribution < 1.29 is 9.59 Å². The standard InChI is InChI=1S/C17H28GeN2O2S2/c1-13(11-19-15(3)21)23-18(5,17-9-7-6-8-10-17)24-14(2)12-20-16(4)22/h6-10,13-14H,11-12H2,1-5H3,(H,19,21)(H,20,22). The molecule has 0 spiro atoms. The van der Waals surface area contributed by atoms with Crippen molar-refractivity contribution in [1.82, 2.24) is 10.6 Å². The van der Waals surface area contributed by atoms with E-state index in [9.17, 15) is 9.59 Å². The van der Waals surface area contributed by atoms with Crippen molar-refractivity contribution in [2.45, 2.75) is 44.0 Å². The SMILES string of the molecule is CC(=O)NCC(C)[S][Ge]([CH3])([S]C(C)CNC(C)=O)[c]1ccccc1. The first-order valence-corrected chi connectivity index (χ1v) is 18.2. The summed E-state index contributed by atoms with van der Waals surface area (Å²) < 4.78 is 1.43. The predicted molar refractivity (Wildman–Crippen MR) is 109 cm³/mol. The van der Waals surface area contributed by atoms with Gasteiger partial charge >= 0.3 is 155 Å². The number of carbonyl (C=O) groups is 2. The fourth-order valence-electron chi connectivity index (χ4n) is 2.33. The van der Waals surface area contributed by atoms with Crippen LogP contribution in [0.15, 0.2) is 30.3 Å². The number of amides is 2. The molecule has 0 aliphatic heterocycles. The minimum atomic E-state index is -2.46. The first kappa shape index (κ1) is 21.4. The van der Waals surface area contributed by atoms with Crippen LogP contribution in [0.25, 0.3) is 0 Å². The summed E-state index contributed by atoms with van der Waals surface area (Å²) in [5.41, 5.74) is 0. The average molecular weight is 429 g/mol. The zero-order chi connectivity index (χ0) is 18.2. The van der Waals surface area contributed by atoms with Crippen LogP contribution in [0.2, 0.25) is 5.76 Å². The molecule has 0 radical (unpaired) electrons. The molecule has 0 saturated carbocycles. The van der Waals surface area contributed by atoms with Crippen molar-refractivity contribution in [3.05, 3.63) is 30.3 Å². The van der Waals surface area contributed by atoms with E-state index in [0.717, 1.165) is 0 Å². The summed E-state index contributed by atoms with van der Waals surface area (Å²) in [6.45, 7) is 8.83. The quantitative estimate of drug-likeness (QED) is 0.593. The molecule has 0 aromatic heterocycles. The Bertz CT molecular complexity index is 517. The summed E-state index contributed by atoms with van der Waals surface area (Å²) in [5, 5.41) is 6.55. The molecule has 0 aliphatic rings. The Kier molecular flexibility index (Phi) is 9.30. The monoisotopic (exact) mass is 430 g/mol. The molecular weight excluding hydrogens is 401 g/mol. The Morgan fingerprint density at radius 1 is 0.958 bits per heavy atom. The Labute approximate surface area is 154 Å². The molecule has 4 nitrogen and oxygen atoms in total. The van der Waals surface area contributed by atoms with Crippen LogP contribution in [0, 0.1) is 0 Å². The van der Waals surface area contributed by atoms with Gasteiger partial charge in [0.1, 0.15) is 0 Å². The van der Waals surface area contributed by atoms with Gasteiger partial charge in [-0.1, -0.05) is 0 Å². The second kappa shape index (κ2) is 10.4. The number of hydrogen-bond acceptors (Lipinski definition) is 4. The summed E-state index contributed by atoms with van der Waals surface area (Å²) in [5.74, 6) is 2.44. The first-order valence-electron chi connectivity index (χ1n) is 8.13. The van der Waals surface area contributed by atoms with Crippen LogP contribution in [-0.2, 0) is 9.59 Å². The average Bonchev–Trinajstić information content (AvgIpc) is 2.51. The molecule has 1 rings (SSSR count). The number of rotatable bonds is 9. The second-order valence-corrected chi connectivity index (χ2v) is 26.1. The van der Waals surface area contributed by atoms with E-state index in [-0.39, 0.29) is 11.8 Å². The van der Waals surface area contributed by atoms with E-state index in [0.29, 0.717) is 23.6 Å². The Morgan fingerprint density at radius 3 is 1.75 bits per heavy atom. The van der Waals surface area contributed by atoms with Gasteiger partial charge in [0.05, 0.1) is 0 Å². The molecule has 0 bridgehead atoms. The maximum atomic E-state index is 11.2. The van der Waals surface area contributed by atoms with Gasteiger partial charge in [0.2, 0.25) is 0 Å². The molecule has 24 heavy (non-hydrogen) atoms. The molecule has 0 heterocycles. The third-order valence-electron chi connectivity index (χ3n) is 3.43. The van der Waals surface area contributed by atoms with E-state index in [1.54, 1.807) is 13.8 Å². The number of benzene rings is 1. The molecule has 0 aliphatic carbocycles. The summed E-state index contributed by atoms with van der Waals surface area (Å²) in [6, 6.07) is 10.7. The van der Waals surface area contributed by atoms with Crippen molar-refractivity contribution in [3.8, 4) is 0 Å². The number of nitrogens with one attached hydrogen (secondary N) is 2. The molecule has 2 amide bonds. The van der Waals surface area contributed by atoms with E-state index < -0.39 is 11.0 Å². The van der Waals surface area contributed by atoms with Crippen LogP contribution in [-0.4, -0.2) is 46.4 Å². The predicted octanol–water partition coefficient (Wildman–Crippen LogP) is 2.48. The van der Waals surface area contributed by atoms with Crippen LogP contribution in [0.1, 0.15) is 27.7 Å². The zero-order valence-corrected chi connectivity index (χ0v) is 18.8. The molecule has 0 fully saturated rings. The molecule has 1 aromatic carbocycles. The van der Waals surface area contributed by atoms with Crippen LogP contribution in [0.5, 0.6) is 0 Å². The van der Waals surface area contributed by atoms with Gasteiger partial charge in [0.15, 0.2) is 0 Å². The molecule has 134 valence electrons. The fourth-order valence-corrected chi connectivity index (χ4v) is 26.4. The van der Waals surface area contributed by atoms with Crippen molar-refractivity contribution in [1.29, 1.82) is 0 Å². The van der Waals surface area contributed by atoms with Crippen molar-refractivity contribution in [3.63, 3.8) is 0 Å². The van der Waals surface area contributed by atoms with Crippen molar-refractivity contribution in [2.75, 3.05) is 13.1 Å². The molecule has 1 aromatic rings. The van der Waals surface area contributed by atoms with Crippen LogP contribution >= 0.6 is 20.2 Å². The van der Waals surface area contributed by atoms with E-state index in [1.807, 2.05) is 26.2 Å². The summed E-state index contributed by atoms with van der Waals surface area (Å²) in [6.07, 6.45) is 0. The molecule has 7 heteroatoms. The van der Waals surface area contributed by atoms with Crippen molar-refractivity contribution in [2.24, 2.45) is 0 Å². The Morgan fingerprint density at radius 2 is 1.38 bits per heavy atom. The second-order valence-electron chi connectivity index (χ2n) is 6.04.